The van der Waals surface area contributed by atoms with Crippen LogP contribution in [0.1, 0.15) is 71.6 Å². The van der Waals surface area contributed by atoms with E-state index in [-0.39, 0.29) is 9.52 Å². The van der Waals surface area contributed by atoms with E-state index < -0.39 is 0 Å². The van der Waals surface area contributed by atoms with Gasteiger partial charge in [0.1, 0.15) is 0 Å². The van der Waals surface area contributed by atoms with Crippen molar-refractivity contribution >= 4 is 9.52 Å². The first-order valence-corrected chi connectivity index (χ1v) is 11.8. The molecule has 0 radical (unpaired) electrons. The Labute approximate surface area is 141 Å². The van der Waals surface area contributed by atoms with E-state index in [4.69, 9.17) is 0 Å². The number of allylic oxidation sites excluding steroid dienone is 1. The van der Waals surface area contributed by atoms with Crippen LogP contribution in [-0.4, -0.2) is 51.2 Å². The molecule has 2 saturated heterocycles. The molecule has 128 valence electrons. The van der Waals surface area contributed by atoms with E-state index in [1.54, 1.807) is 0 Å². The molecule has 0 aromatic carbocycles. The molecule has 2 aliphatic rings. The first-order valence-electron chi connectivity index (χ1n) is 9.95. The van der Waals surface area contributed by atoms with E-state index in [0.29, 0.717) is 5.66 Å². The van der Waals surface area contributed by atoms with Crippen molar-refractivity contribution in [1.82, 2.24) is 9.80 Å². The minimum absolute atomic E-state index is 0.0603. The largest absolute Gasteiger partial charge is 0.285 e. The molecule has 2 rings (SSSR count). The SMILES string of the molecule is C/C=C\[SiH2]CCCC(CC)(N1CCCCC1)N1CCCCC1. The van der Waals surface area contributed by atoms with E-state index in [1.165, 1.54) is 90.0 Å². The molecule has 0 unspecified atom stereocenters. The highest BCUT2D eigenvalue weighted by molar-refractivity contribution is 6.41. The van der Waals surface area contributed by atoms with Gasteiger partial charge in [0.25, 0.3) is 0 Å². The molecule has 0 spiro atoms. The Morgan fingerprint density at radius 1 is 0.909 bits per heavy atom. The van der Waals surface area contributed by atoms with Crippen molar-refractivity contribution in [3.8, 4) is 0 Å². The lowest BCUT2D eigenvalue weighted by atomic mass is 9.91. The van der Waals surface area contributed by atoms with Crippen molar-refractivity contribution in [2.24, 2.45) is 0 Å². The Balaban J connectivity index is 2.02. The third kappa shape index (κ3) is 4.69. The highest BCUT2D eigenvalue weighted by Gasteiger charge is 2.40. The summed E-state index contributed by atoms with van der Waals surface area (Å²) in [6.07, 6.45) is 15.0. The monoisotopic (exact) mass is 322 g/mol. The summed E-state index contributed by atoms with van der Waals surface area (Å²) in [5, 5.41) is 0. The van der Waals surface area contributed by atoms with Crippen LogP contribution < -0.4 is 0 Å². The Morgan fingerprint density at radius 3 is 1.91 bits per heavy atom. The van der Waals surface area contributed by atoms with Crippen molar-refractivity contribution in [3.63, 3.8) is 0 Å². The molecule has 0 saturated carbocycles. The van der Waals surface area contributed by atoms with E-state index in [9.17, 15) is 0 Å². The summed E-state index contributed by atoms with van der Waals surface area (Å²) in [6.45, 7) is 10.00. The maximum absolute atomic E-state index is 2.89. The molecule has 0 N–H and O–H groups in total. The van der Waals surface area contributed by atoms with Gasteiger partial charge in [-0.05, 0) is 71.6 Å². The third-order valence-corrected chi connectivity index (χ3v) is 7.60. The molecule has 22 heavy (non-hydrogen) atoms. The van der Waals surface area contributed by atoms with E-state index >= 15 is 0 Å². The standard InChI is InChI=1S/C19H38N2Si/c1-3-17-22-18-11-12-19(4-2,20-13-7-5-8-14-20)21-15-9-6-10-16-21/h3,17H,4-16,18,22H2,1-2H3/b17-3-. The van der Waals surface area contributed by atoms with Gasteiger partial charge in [-0.25, -0.2) is 0 Å². The van der Waals surface area contributed by atoms with E-state index in [1.807, 2.05) is 0 Å². The van der Waals surface area contributed by atoms with E-state index in [0.717, 1.165) is 0 Å². The topological polar surface area (TPSA) is 6.48 Å². The fourth-order valence-electron chi connectivity index (χ4n) is 4.60. The second-order valence-corrected chi connectivity index (χ2v) is 9.00. The maximum Gasteiger partial charge on any atom is 0.0734 e. The molecular formula is C19H38N2Si. The predicted molar refractivity (Wildman–Crippen MR) is 101 cm³/mol. The van der Waals surface area contributed by atoms with Crippen molar-refractivity contribution in [1.29, 1.82) is 0 Å². The Morgan fingerprint density at radius 2 is 1.45 bits per heavy atom. The lowest BCUT2D eigenvalue weighted by Crippen LogP contribution is -2.62. The van der Waals surface area contributed by atoms with Gasteiger partial charge in [-0.1, -0.05) is 38.3 Å². The van der Waals surface area contributed by atoms with Crippen LogP contribution in [-0.2, 0) is 0 Å². The van der Waals surface area contributed by atoms with Gasteiger partial charge in [0.15, 0.2) is 0 Å². The smallest absolute Gasteiger partial charge is 0.0734 e. The van der Waals surface area contributed by atoms with Crippen LogP contribution in [0.25, 0.3) is 0 Å². The molecule has 0 atom stereocenters. The number of piperidine rings is 2. The molecule has 0 aromatic rings. The first-order chi connectivity index (χ1) is 10.8. The third-order valence-electron chi connectivity index (χ3n) is 5.89. The normalized spacial score (nSPS) is 23.0. The van der Waals surface area contributed by atoms with Gasteiger partial charge in [-0.3, -0.25) is 9.80 Å². The van der Waals surface area contributed by atoms with Gasteiger partial charge in [-0.2, -0.15) is 0 Å². The Bertz CT molecular complexity index is 299. The molecule has 2 aliphatic heterocycles. The number of likely N-dealkylation sites (tertiary alicyclic amines) is 2. The minimum Gasteiger partial charge on any atom is -0.285 e. The van der Waals surface area contributed by atoms with E-state index in [2.05, 4.69) is 35.4 Å². The minimum atomic E-state index is 0.0603. The van der Waals surface area contributed by atoms with Gasteiger partial charge in [0.2, 0.25) is 0 Å². The zero-order valence-corrected chi connectivity index (χ0v) is 16.6. The van der Waals surface area contributed by atoms with Crippen molar-refractivity contribution in [2.75, 3.05) is 26.2 Å². The second-order valence-electron chi connectivity index (χ2n) is 7.25. The average molecular weight is 323 g/mol. The van der Waals surface area contributed by atoms with Gasteiger partial charge in [-0.15, -0.1) is 5.70 Å². The van der Waals surface area contributed by atoms with Gasteiger partial charge in [0, 0.05) is 9.52 Å². The molecule has 3 heteroatoms. The Hall–Kier alpha value is -0.123. The summed E-state index contributed by atoms with van der Waals surface area (Å²) in [6, 6.07) is 1.49. The molecule has 0 bridgehead atoms. The zero-order chi connectivity index (χ0) is 15.7. The van der Waals surface area contributed by atoms with Crippen LogP contribution in [0.3, 0.4) is 0 Å². The summed E-state index contributed by atoms with van der Waals surface area (Å²) in [5.41, 5.74) is 2.86. The number of rotatable bonds is 8. The number of hydrogen-bond donors (Lipinski definition) is 0. The fraction of sp³-hybridized carbons (Fsp3) is 0.895. The van der Waals surface area contributed by atoms with Crippen LogP contribution >= 0.6 is 0 Å². The number of nitrogens with zero attached hydrogens (tertiary/aromatic N) is 2. The summed E-state index contributed by atoms with van der Waals surface area (Å²) in [4.78, 5) is 5.78. The molecular weight excluding hydrogens is 284 g/mol. The molecule has 0 aromatic heterocycles. The van der Waals surface area contributed by atoms with Gasteiger partial charge < -0.3 is 0 Å². The van der Waals surface area contributed by atoms with Crippen LogP contribution in [0, 0.1) is 0 Å². The predicted octanol–water partition coefficient (Wildman–Crippen LogP) is 3.97. The lowest BCUT2D eigenvalue weighted by Gasteiger charge is -2.53. The molecule has 2 nitrogen and oxygen atoms in total. The summed E-state index contributed by atoms with van der Waals surface area (Å²) in [5.74, 6) is 0. The number of hydrogen-bond acceptors (Lipinski definition) is 2. The second kappa shape index (κ2) is 9.89. The highest BCUT2D eigenvalue weighted by Crippen LogP contribution is 2.35. The van der Waals surface area contributed by atoms with Gasteiger partial charge in [0.05, 0.1) is 5.66 Å². The molecule has 2 fully saturated rings. The molecule has 0 amide bonds. The average Bonchev–Trinajstić information content (AvgIpc) is 2.60. The molecule has 2 heterocycles. The Kier molecular flexibility index (Phi) is 8.19. The van der Waals surface area contributed by atoms with Crippen LogP contribution in [0.5, 0.6) is 0 Å². The van der Waals surface area contributed by atoms with Crippen LogP contribution in [0.4, 0.5) is 0 Å². The summed E-state index contributed by atoms with van der Waals surface area (Å²) < 4.78 is 0. The van der Waals surface area contributed by atoms with Gasteiger partial charge >= 0.3 is 0 Å². The fourth-order valence-corrected chi connectivity index (χ4v) is 5.71. The zero-order valence-electron chi connectivity index (χ0n) is 15.2. The lowest BCUT2D eigenvalue weighted by molar-refractivity contribution is -0.0865. The van der Waals surface area contributed by atoms with Crippen molar-refractivity contribution in [3.05, 3.63) is 11.8 Å². The van der Waals surface area contributed by atoms with Crippen LogP contribution in [0.15, 0.2) is 11.8 Å². The summed E-state index contributed by atoms with van der Waals surface area (Å²) >= 11 is 0. The van der Waals surface area contributed by atoms with Crippen molar-refractivity contribution in [2.45, 2.75) is 83.3 Å². The van der Waals surface area contributed by atoms with Crippen LogP contribution in [0.2, 0.25) is 6.04 Å². The quantitative estimate of drug-likeness (QED) is 0.493. The summed E-state index contributed by atoms with van der Waals surface area (Å²) in [7, 11) is 0.0603. The molecule has 0 aliphatic carbocycles. The highest BCUT2D eigenvalue weighted by atomic mass is 28.2. The van der Waals surface area contributed by atoms with Crippen molar-refractivity contribution < 1.29 is 0 Å². The first kappa shape index (κ1) is 18.2. The maximum atomic E-state index is 2.89.